The van der Waals surface area contributed by atoms with E-state index in [0.29, 0.717) is 13.0 Å². The Morgan fingerprint density at radius 3 is 2.86 bits per heavy atom. The molecule has 0 saturated carbocycles. The molecule has 4 aromatic rings. The number of benzene rings is 1. The molecule has 3 aromatic heterocycles. The van der Waals surface area contributed by atoms with Crippen LogP contribution in [0.3, 0.4) is 0 Å². The van der Waals surface area contributed by atoms with Gasteiger partial charge in [-0.25, -0.2) is 0 Å². The number of hydrogen-bond donors (Lipinski definition) is 0. The fourth-order valence-corrected chi connectivity index (χ4v) is 3.26. The van der Waals surface area contributed by atoms with E-state index in [2.05, 4.69) is 20.4 Å². The minimum absolute atomic E-state index is 0.603. The van der Waals surface area contributed by atoms with Crippen molar-refractivity contribution < 1.29 is 0 Å². The molecule has 0 spiro atoms. The summed E-state index contributed by atoms with van der Waals surface area (Å²) in [6.07, 6.45) is 4.27. The minimum atomic E-state index is 0.603. The van der Waals surface area contributed by atoms with Crippen molar-refractivity contribution in [1.82, 2.24) is 29.6 Å². The summed E-state index contributed by atoms with van der Waals surface area (Å²) in [6, 6.07) is 9.63. The van der Waals surface area contributed by atoms with Gasteiger partial charge in [-0.1, -0.05) is 41.1 Å². The molecule has 3 heterocycles. The number of rotatable bonds is 4. The van der Waals surface area contributed by atoms with Gasteiger partial charge in [-0.05, 0) is 17.7 Å². The third-order valence-electron chi connectivity index (χ3n) is 3.26. The Balaban J connectivity index is 1.65. The van der Waals surface area contributed by atoms with Gasteiger partial charge in [0.25, 0.3) is 0 Å². The van der Waals surface area contributed by atoms with E-state index in [1.807, 2.05) is 41.2 Å². The third-order valence-corrected chi connectivity index (χ3v) is 4.51. The van der Waals surface area contributed by atoms with E-state index in [9.17, 15) is 0 Å². The van der Waals surface area contributed by atoms with E-state index in [4.69, 9.17) is 11.6 Å². The molecule has 0 aliphatic rings. The first kappa shape index (κ1) is 13.4. The first-order valence-electron chi connectivity index (χ1n) is 6.70. The van der Waals surface area contributed by atoms with Crippen LogP contribution in [0.15, 0.2) is 42.7 Å². The van der Waals surface area contributed by atoms with Crippen molar-refractivity contribution in [2.24, 2.45) is 0 Å². The molecular formula is C14H11ClN6S. The average Bonchev–Trinajstić information content (AvgIpc) is 3.21. The highest BCUT2D eigenvalue weighted by molar-refractivity contribution is 7.16. The topological polar surface area (TPSA) is 60.9 Å². The Morgan fingerprint density at radius 2 is 2.05 bits per heavy atom. The van der Waals surface area contributed by atoms with Crippen molar-refractivity contribution in [2.75, 3.05) is 0 Å². The quantitative estimate of drug-likeness (QED) is 0.577. The van der Waals surface area contributed by atoms with Crippen LogP contribution in [-0.2, 0) is 13.0 Å². The molecule has 1 aromatic carbocycles. The highest BCUT2D eigenvalue weighted by Crippen LogP contribution is 2.20. The molecule has 8 heteroatoms. The molecule has 110 valence electrons. The maximum Gasteiger partial charge on any atom is 0.234 e. The summed E-state index contributed by atoms with van der Waals surface area (Å²) in [5.41, 5.74) is 1.01. The standard InChI is InChI=1S/C14H11ClN6S/c15-11-5-2-1-4-10(11)8-12-17-18-14-21(12)19-13(22-14)9-20-7-3-6-16-20/h1-7H,8-9H2. The van der Waals surface area contributed by atoms with Gasteiger partial charge < -0.3 is 0 Å². The molecule has 0 bridgehead atoms. The van der Waals surface area contributed by atoms with Gasteiger partial charge >= 0.3 is 0 Å². The van der Waals surface area contributed by atoms with Crippen LogP contribution in [0.5, 0.6) is 0 Å². The summed E-state index contributed by atoms with van der Waals surface area (Å²) in [4.78, 5) is 0.782. The lowest BCUT2D eigenvalue weighted by Gasteiger charge is -2.01. The number of halogens is 1. The van der Waals surface area contributed by atoms with E-state index in [1.54, 1.807) is 10.7 Å². The molecule has 0 aliphatic carbocycles. The molecular weight excluding hydrogens is 320 g/mol. The van der Waals surface area contributed by atoms with Crippen LogP contribution in [0.1, 0.15) is 16.4 Å². The molecule has 0 N–H and O–H groups in total. The Hall–Kier alpha value is -2.25. The first-order valence-corrected chi connectivity index (χ1v) is 7.90. The van der Waals surface area contributed by atoms with Crippen LogP contribution in [-0.4, -0.2) is 29.6 Å². The van der Waals surface area contributed by atoms with E-state index in [0.717, 1.165) is 26.4 Å². The highest BCUT2D eigenvalue weighted by atomic mass is 35.5. The second-order valence-corrected chi connectivity index (χ2v) is 6.23. The number of fused-ring (bicyclic) bond motifs is 1. The predicted octanol–water partition coefficient (Wildman–Crippen LogP) is 2.67. The summed E-state index contributed by atoms with van der Waals surface area (Å²) in [7, 11) is 0. The third kappa shape index (κ3) is 2.49. The van der Waals surface area contributed by atoms with Crippen LogP contribution >= 0.6 is 22.9 Å². The summed E-state index contributed by atoms with van der Waals surface area (Å²) in [6.45, 7) is 0.632. The van der Waals surface area contributed by atoms with Gasteiger partial charge in [-0.15, -0.1) is 10.2 Å². The van der Waals surface area contributed by atoms with E-state index >= 15 is 0 Å². The molecule has 4 rings (SSSR count). The fourth-order valence-electron chi connectivity index (χ4n) is 2.22. The maximum absolute atomic E-state index is 6.21. The molecule has 0 atom stereocenters. The normalized spacial score (nSPS) is 11.3. The van der Waals surface area contributed by atoms with Crippen molar-refractivity contribution in [2.45, 2.75) is 13.0 Å². The molecule has 22 heavy (non-hydrogen) atoms. The van der Waals surface area contributed by atoms with Crippen LogP contribution in [0.2, 0.25) is 5.02 Å². The second kappa shape index (κ2) is 5.51. The second-order valence-electron chi connectivity index (χ2n) is 4.78. The van der Waals surface area contributed by atoms with Crippen LogP contribution in [0.4, 0.5) is 0 Å². The summed E-state index contributed by atoms with van der Waals surface area (Å²) >= 11 is 7.72. The molecule has 0 fully saturated rings. The monoisotopic (exact) mass is 330 g/mol. The Kier molecular flexibility index (Phi) is 3.36. The zero-order chi connectivity index (χ0) is 14.9. The van der Waals surface area contributed by atoms with Crippen LogP contribution in [0, 0.1) is 0 Å². The molecule has 6 nitrogen and oxygen atoms in total. The van der Waals surface area contributed by atoms with Crippen molar-refractivity contribution in [1.29, 1.82) is 0 Å². The molecule has 0 radical (unpaired) electrons. The fraction of sp³-hybridized carbons (Fsp3) is 0.143. The van der Waals surface area contributed by atoms with Gasteiger partial charge in [0.05, 0.1) is 6.54 Å². The van der Waals surface area contributed by atoms with Crippen molar-refractivity contribution in [3.8, 4) is 0 Å². The SMILES string of the molecule is Clc1ccccc1Cc1nnc2sc(Cn3cccn3)nn12. The van der Waals surface area contributed by atoms with Gasteiger partial charge in [-0.3, -0.25) is 4.68 Å². The summed E-state index contributed by atoms with van der Waals surface area (Å²) in [5, 5.41) is 18.8. The smallest absolute Gasteiger partial charge is 0.234 e. The number of hydrogen-bond acceptors (Lipinski definition) is 5. The van der Waals surface area contributed by atoms with E-state index < -0.39 is 0 Å². The number of nitrogens with zero attached hydrogens (tertiary/aromatic N) is 6. The Morgan fingerprint density at radius 1 is 1.14 bits per heavy atom. The predicted molar refractivity (Wildman–Crippen MR) is 84.2 cm³/mol. The van der Waals surface area contributed by atoms with Crippen LogP contribution in [0.25, 0.3) is 4.96 Å². The highest BCUT2D eigenvalue weighted by Gasteiger charge is 2.13. The lowest BCUT2D eigenvalue weighted by atomic mass is 10.1. The lowest BCUT2D eigenvalue weighted by molar-refractivity contribution is 0.669. The van der Waals surface area contributed by atoms with Gasteiger partial charge in [-0.2, -0.15) is 14.7 Å². The number of aromatic nitrogens is 6. The van der Waals surface area contributed by atoms with Gasteiger partial charge in [0.15, 0.2) is 5.82 Å². The largest absolute Gasteiger partial charge is 0.266 e. The van der Waals surface area contributed by atoms with Gasteiger partial charge in [0, 0.05) is 23.8 Å². The summed E-state index contributed by atoms with van der Waals surface area (Å²) in [5.74, 6) is 0.783. The van der Waals surface area contributed by atoms with E-state index in [-0.39, 0.29) is 0 Å². The van der Waals surface area contributed by atoms with E-state index in [1.165, 1.54) is 11.3 Å². The van der Waals surface area contributed by atoms with Crippen molar-refractivity contribution in [3.63, 3.8) is 0 Å². The zero-order valence-corrected chi connectivity index (χ0v) is 13.0. The maximum atomic E-state index is 6.21. The molecule has 0 unspecified atom stereocenters. The van der Waals surface area contributed by atoms with Crippen molar-refractivity contribution in [3.05, 3.63) is 64.1 Å². The van der Waals surface area contributed by atoms with Crippen LogP contribution < -0.4 is 0 Å². The molecule has 0 amide bonds. The Labute approximate surface area is 135 Å². The first-order chi connectivity index (χ1) is 10.8. The zero-order valence-electron chi connectivity index (χ0n) is 11.4. The Bertz CT molecular complexity index is 911. The lowest BCUT2D eigenvalue weighted by Crippen LogP contribution is -2.02. The summed E-state index contributed by atoms with van der Waals surface area (Å²) < 4.78 is 3.62. The van der Waals surface area contributed by atoms with Gasteiger partial charge in [0.2, 0.25) is 4.96 Å². The van der Waals surface area contributed by atoms with Crippen molar-refractivity contribution >= 4 is 27.9 Å². The molecule has 0 aliphatic heterocycles. The van der Waals surface area contributed by atoms with Gasteiger partial charge in [0.1, 0.15) is 5.01 Å². The minimum Gasteiger partial charge on any atom is -0.266 e. The average molecular weight is 331 g/mol. The molecule has 0 saturated heterocycles.